The van der Waals surface area contributed by atoms with Crippen LogP contribution < -0.4 is 0 Å². The van der Waals surface area contributed by atoms with Crippen molar-refractivity contribution in [1.29, 1.82) is 0 Å². The fourth-order valence-corrected chi connectivity index (χ4v) is 3.32. The van der Waals surface area contributed by atoms with Gasteiger partial charge in [0.15, 0.2) is 0 Å². The number of halogens is 1. The van der Waals surface area contributed by atoms with Crippen molar-refractivity contribution >= 4 is 17.6 Å². The highest BCUT2D eigenvalue weighted by atomic mass is 35.5. The summed E-state index contributed by atoms with van der Waals surface area (Å²) < 4.78 is 1.71. The zero-order chi connectivity index (χ0) is 14.8. The summed E-state index contributed by atoms with van der Waals surface area (Å²) in [5, 5.41) is 14.3. The number of aromatic nitrogens is 2. The molecule has 5 heteroatoms. The van der Waals surface area contributed by atoms with Crippen LogP contribution in [0.2, 0.25) is 5.15 Å². The third-order valence-corrected chi connectivity index (χ3v) is 4.40. The van der Waals surface area contributed by atoms with Gasteiger partial charge in [0.05, 0.1) is 6.04 Å². The Morgan fingerprint density at radius 3 is 2.48 bits per heavy atom. The maximum atomic E-state index is 11.6. The smallest absolute Gasteiger partial charge is 0.341 e. The molecule has 1 aliphatic carbocycles. The fourth-order valence-electron chi connectivity index (χ4n) is 2.97. The summed E-state index contributed by atoms with van der Waals surface area (Å²) in [5.41, 5.74) is 1.35. The van der Waals surface area contributed by atoms with E-state index in [2.05, 4.69) is 5.10 Å². The molecule has 4 nitrogen and oxygen atoms in total. The summed E-state index contributed by atoms with van der Waals surface area (Å²) in [6.07, 6.45) is 5.53. The molecule has 1 aliphatic rings. The van der Waals surface area contributed by atoms with Crippen LogP contribution in [0.3, 0.4) is 0 Å². The van der Waals surface area contributed by atoms with E-state index in [1.165, 1.54) is 6.42 Å². The molecule has 0 unspecified atom stereocenters. The third-order valence-electron chi connectivity index (χ3n) is 4.03. The molecule has 1 heterocycles. The molecule has 0 atom stereocenters. The summed E-state index contributed by atoms with van der Waals surface area (Å²) in [4.78, 5) is 11.6. The monoisotopic (exact) mass is 304 g/mol. The van der Waals surface area contributed by atoms with Crippen molar-refractivity contribution in [2.75, 3.05) is 0 Å². The molecule has 1 fully saturated rings. The van der Waals surface area contributed by atoms with Crippen LogP contribution in [-0.4, -0.2) is 20.9 Å². The Kier molecular flexibility index (Phi) is 3.97. The lowest BCUT2D eigenvalue weighted by atomic mass is 9.96. The number of rotatable bonds is 3. The van der Waals surface area contributed by atoms with Crippen molar-refractivity contribution in [2.45, 2.75) is 38.1 Å². The summed E-state index contributed by atoms with van der Waals surface area (Å²) in [5.74, 6) is -1.03. The van der Waals surface area contributed by atoms with E-state index < -0.39 is 5.97 Å². The molecule has 1 saturated carbocycles. The minimum atomic E-state index is -1.03. The lowest BCUT2D eigenvalue weighted by molar-refractivity contribution is 0.0697. The molecule has 1 aromatic heterocycles. The first-order valence-corrected chi connectivity index (χ1v) is 7.63. The third kappa shape index (κ3) is 2.68. The predicted molar refractivity (Wildman–Crippen MR) is 81.8 cm³/mol. The average molecular weight is 305 g/mol. The number of nitrogens with zero attached hydrogens (tertiary/aromatic N) is 2. The molecule has 2 aromatic rings. The van der Waals surface area contributed by atoms with Crippen LogP contribution in [0, 0.1) is 0 Å². The van der Waals surface area contributed by atoms with Crippen molar-refractivity contribution in [3.8, 4) is 11.3 Å². The first kappa shape index (κ1) is 14.1. The van der Waals surface area contributed by atoms with Gasteiger partial charge in [-0.15, -0.1) is 0 Å². The Morgan fingerprint density at radius 2 is 1.86 bits per heavy atom. The highest BCUT2D eigenvalue weighted by Crippen LogP contribution is 2.35. The first-order valence-electron chi connectivity index (χ1n) is 7.25. The highest BCUT2D eigenvalue weighted by molar-refractivity contribution is 6.33. The van der Waals surface area contributed by atoms with Gasteiger partial charge in [-0.3, -0.25) is 0 Å². The number of benzene rings is 1. The minimum Gasteiger partial charge on any atom is -0.478 e. The normalized spacial score (nSPS) is 16.0. The van der Waals surface area contributed by atoms with E-state index in [-0.39, 0.29) is 16.8 Å². The molecule has 0 radical (unpaired) electrons. The SMILES string of the molecule is O=C(O)c1c(-c2ccccc2)nn(C2CCCCC2)c1Cl. The Bertz CT molecular complexity index is 646. The maximum absolute atomic E-state index is 11.6. The van der Waals surface area contributed by atoms with E-state index in [1.807, 2.05) is 30.3 Å². The van der Waals surface area contributed by atoms with Crippen molar-refractivity contribution in [1.82, 2.24) is 9.78 Å². The Hall–Kier alpha value is -1.81. The number of hydrogen-bond acceptors (Lipinski definition) is 2. The zero-order valence-corrected chi connectivity index (χ0v) is 12.4. The van der Waals surface area contributed by atoms with Gasteiger partial charge in [-0.25, -0.2) is 9.48 Å². The summed E-state index contributed by atoms with van der Waals surface area (Å²) in [6.45, 7) is 0. The Morgan fingerprint density at radius 1 is 1.19 bits per heavy atom. The highest BCUT2D eigenvalue weighted by Gasteiger charge is 2.27. The predicted octanol–water partition coefficient (Wildman–Crippen LogP) is 4.41. The van der Waals surface area contributed by atoms with Gasteiger partial charge >= 0.3 is 5.97 Å². The molecule has 110 valence electrons. The number of carboxylic acids is 1. The summed E-state index contributed by atoms with van der Waals surface area (Å²) >= 11 is 6.33. The topological polar surface area (TPSA) is 55.1 Å². The van der Waals surface area contributed by atoms with Gasteiger partial charge in [0.25, 0.3) is 0 Å². The molecule has 3 rings (SSSR count). The van der Waals surface area contributed by atoms with E-state index in [1.54, 1.807) is 4.68 Å². The number of carbonyl (C=O) groups is 1. The molecule has 0 bridgehead atoms. The molecule has 21 heavy (non-hydrogen) atoms. The van der Waals surface area contributed by atoms with Gasteiger partial charge < -0.3 is 5.11 Å². The molecular formula is C16H17ClN2O2. The standard InChI is InChI=1S/C16H17ClN2O2/c17-15-13(16(20)21)14(11-7-3-1-4-8-11)18-19(15)12-9-5-2-6-10-12/h1,3-4,7-8,12H,2,5-6,9-10H2,(H,20,21). The lowest BCUT2D eigenvalue weighted by Crippen LogP contribution is -2.14. The van der Waals surface area contributed by atoms with Crippen LogP contribution in [0.25, 0.3) is 11.3 Å². The van der Waals surface area contributed by atoms with E-state index in [0.29, 0.717) is 5.69 Å². The second-order valence-electron chi connectivity index (χ2n) is 5.42. The van der Waals surface area contributed by atoms with Crippen molar-refractivity contribution in [3.05, 3.63) is 41.0 Å². The Balaban J connectivity index is 2.09. The van der Waals surface area contributed by atoms with E-state index in [0.717, 1.165) is 31.2 Å². The largest absolute Gasteiger partial charge is 0.478 e. The molecular weight excluding hydrogens is 288 g/mol. The molecule has 0 saturated heterocycles. The van der Waals surface area contributed by atoms with Crippen molar-refractivity contribution in [3.63, 3.8) is 0 Å². The molecule has 0 aliphatic heterocycles. The number of hydrogen-bond donors (Lipinski definition) is 1. The van der Waals surface area contributed by atoms with Crippen LogP contribution in [0.5, 0.6) is 0 Å². The van der Waals surface area contributed by atoms with Gasteiger partial charge in [0.1, 0.15) is 16.4 Å². The second kappa shape index (κ2) is 5.90. The second-order valence-corrected chi connectivity index (χ2v) is 5.78. The van der Waals surface area contributed by atoms with Crippen LogP contribution in [0.15, 0.2) is 30.3 Å². The van der Waals surface area contributed by atoms with Crippen molar-refractivity contribution < 1.29 is 9.90 Å². The molecule has 1 N–H and O–H groups in total. The fraction of sp³-hybridized carbons (Fsp3) is 0.375. The first-order chi connectivity index (χ1) is 10.2. The van der Waals surface area contributed by atoms with E-state index in [9.17, 15) is 9.90 Å². The van der Waals surface area contributed by atoms with Crippen LogP contribution >= 0.6 is 11.6 Å². The Labute approximate surface area is 128 Å². The van der Waals surface area contributed by atoms with Crippen LogP contribution in [0.4, 0.5) is 0 Å². The molecule has 1 aromatic carbocycles. The average Bonchev–Trinajstić information content (AvgIpc) is 2.87. The van der Waals surface area contributed by atoms with E-state index in [4.69, 9.17) is 11.6 Å². The van der Waals surface area contributed by atoms with Gasteiger partial charge in [0.2, 0.25) is 0 Å². The van der Waals surface area contributed by atoms with E-state index >= 15 is 0 Å². The quantitative estimate of drug-likeness (QED) is 0.914. The number of aromatic carboxylic acids is 1. The summed E-state index contributed by atoms with van der Waals surface area (Å²) in [7, 11) is 0. The number of carboxylic acid groups (broad SMARTS) is 1. The van der Waals surface area contributed by atoms with Gasteiger partial charge in [-0.1, -0.05) is 61.2 Å². The van der Waals surface area contributed by atoms with Crippen LogP contribution in [-0.2, 0) is 0 Å². The van der Waals surface area contributed by atoms with Crippen molar-refractivity contribution in [2.24, 2.45) is 0 Å². The van der Waals surface area contributed by atoms with Gasteiger partial charge in [-0.05, 0) is 12.8 Å². The lowest BCUT2D eigenvalue weighted by Gasteiger charge is -2.22. The minimum absolute atomic E-state index is 0.105. The maximum Gasteiger partial charge on any atom is 0.341 e. The van der Waals surface area contributed by atoms with Gasteiger partial charge in [-0.2, -0.15) is 5.10 Å². The van der Waals surface area contributed by atoms with Gasteiger partial charge in [0, 0.05) is 5.56 Å². The molecule has 0 amide bonds. The van der Waals surface area contributed by atoms with Crippen LogP contribution in [0.1, 0.15) is 48.5 Å². The summed E-state index contributed by atoms with van der Waals surface area (Å²) in [6, 6.07) is 9.56. The molecule has 0 spiro atoms. The zero-order valence-electron chi connectivity index (χ0n) is 11.6.